The second-order valence-electron chi connectivity index (χ2n) is 7.00. The lowest BCUT2D eigenvalue weighted by molar-refractivity contribution is 0.0734. The molecule has 1 aliphatic rings. The van der Waals surface area contributed by atoms with E-state index in [4.69, 9.17) is 0 Å². The first-order valence-corrected chi connectivity index (χ1v) is 10.3. The number of carbonyl (C=O) groups excluding carboxylic acids is 1. The van der Waals surface area contributed by atoms with Gasteiger partial charge in [0.15, 0.2) is 0 Å². The van der Waals surface area contributed by atoms with Gasteiger partial charge in [-0.3, -0.25) is 4.79 Å². The molecule has 0 aromatic heterocycles. The lowest BCUT2D eigenvalue weighted by Crippen LogP contribution is -2.36. The molecule has 2 aromatic rings. The van der Waals surface area contributed by atoms with Crippen LogP contribution in [0.5, 0.6) is 0 Å². The highest BCUT2D eigenvalue weighted by atomic mass is 32.2. The molecule has 5 nitrogen and oxygen atoms in total. The lowest BCUT2D eigenvalue weighted by atomic mass is 9.98. The van der Waals surface area contributed by atoms with E-state index in [0.29, 0.717) is 18.7 Å². The van der Waals surface area contributed by atoms with Crippen LogP contribution >= 0.6 is 0 Å². The van der Waals surface area contributed by atoms with E-state index in [0.717, 1.165) is 23.1 Å². The largest absolute Gasteiger partial charge is 0.334 e. The van der Waals surface area contributed by atoms with Crippen molar-refractivity contribution in [3.05, 3.63) is 64.7 Å². The number of nitrogens with zero attached hydrogens (tertiary/aromatic N) is 1. The molecule has 0 spiro atoms. The zero-order valence-corrected chi connectivity index (χ0v) is 16.1. The summed E-state index contributed by atoms with van der Waals surface area (Å²) in [6.07, 6.45) is 0.727. The summed E-state index contributed by atoms with van der Waals surface area (Å²) in [5.41, 5.74) is 3.63. The highest BCUT2D eigenvalue weighted by Gasteiger charge is 2.24. The van der Waals surface area contributed by atoms with Gasteiger partial charge in [0.05, 0.1) is 4.90 Å². The quantitative estimate of drug-likeness (QED) is 0.897. The Balaban J connectivity index is 1.87. The smallest absolute Gasteiger partial charge is 0.254 e. The maximum absolute atomic E-state index is 12.9. The summed E-state index contributed by atoms with van der Waals surface area (Å²) >= 11 is 0. The number of amides is 1. The summed E-state index contributed by atoms with van der Waals surface area (Å²) in [6, 6.07) is 12.6. The van der Waals surface area contributed by atoms with E-state index in [1.165, 1.54) is 0 Å². The molecule has 0 unspecified atom stereocenters. The Hall–Kier alpha value is -2.18. The SMILES string of the molecule is Cc1ccccc1C(=O)N1CCc2ccc(S(=O)(=O)NC(C)C)cc2C1. The van der Waals surface area contributed by atoms with Gasteiger partial charge in [-0.05, 0) is 62.1 Å². The van der Waals surface area contributed by atoms with Gasteiger partial charge >= 0.3 is 0 Å². The van der Waals surface area contributed by atoms with E-state index < -0.39 is 10.0 Å². The van der Waals surface area contributed by atoms with Crippen molar-refractivity contribution in [2.24, 2.45) is 0 Å². The summed E-state index contributed by atoms with van der Waals surface area (Å²) in [7, 11) is -3.54. The highest BCUT2D eigenvalue weighted by molar-refractivity contribution is 7.89. The first-order chi connectivity index (χ1) is 12.3. The van der Waals surface area contributed by atoms with Crippen molar-refractivity contribution >= 4 is 15.9 Å². The molecule has 0 saturated carbocycles. The van der Waals surface area contributed by atoms with E-state index in [-0.39, 0.29) is 16.8 Å². The molecule has 0 radical (unpaired) electrons. The number of nitrogens with one attached hydrogen (secondary N) is 1. The van der Waals surface area contributed by atoms with E-state index in [1.807, 2.05) is 37.3 Å². The van der Waals surface area contributed by atoms with Crippen molar-refractivity contribution < 1.29 is 13.2 Å². The van der Waals surface area contributed by atoms with E-state index in [9.17, 15) is 13.2 Å². The summed E-state index contributed by atoms with van der Waals surface area (Å²) < 4.78 is 27.4. The summed E-state index contributed by atoms with van der Waals surface area (Å²) in [6.45, 7) is 6.56. The normalized spacial score (nSPS) is 14.4. The van der Waals surface area contributed by atoms with Gasteiger partial charge in [0, 0.05) is 24.7 Å². The monoisotopic (exact) mass is 372 g/mol. The molecule has 26 heavy (non-hydrogen) atoms. The minimum atomic E-state index is -3.54. The van der Waals surface area contributed by atoms with Crippen LogP contribution < -0.4 is 4.72 Å². The molecular weight excluding hydrogens is 348 g/mol. The van der Waals surface area contributed by atoms with Gasteiger partial charge in [0.25, 0.3) is 5.91 Å². The lowest BCUT2D eigenvalue weighted by Gasteiger charge is -2.29. The van der Waals surface area contributed by atoms with Crippen LogP contribution in [0, 0.1) is 6.92 Å². The number of hydrogen-bond donors (Lipinski definition) is 1. The minimum Gasteiger partial charge on any atom is -0.334 e. The molecule has 3 rings (SSSR count). The fraction of sp³-hybridized carbons (Fsp3) is 0.350. The fourth-order valence-corrected chi connectivity index (χ4v) is 4.54. The maximum atomic E-state index is 12.9. The van der Waals surface area contributed by atoms with E-state index in [2.05, 4.69) is 4.72 Å². The molecular formula is C20H24N2O3S. The van der Waals surface area contributed by atoms with Crippen LogP contribution in [0.25, 0.3) is 0 Å². The molecule has 138 valence electrons. The number of rotatable bonds is 4. The van der Waals surface area contributed by atoms with Crippen molar-refractivity contribution in [2.75, 3.05) is 6.54 Å². The van der Waals surface area contributed by atoms with Crippen LogP contribution in [0.2, 0.25) is 0 Å². The van der Waals surface area contributed by atoms with Crippen LogP contribution in [0.3, 0.4) is 0 Å². The molecule has 2 aromatic carbocycles. The molecule has 0 aliphatic carbocycles. The third kappa shape index (κ3) is 3.81. The first kappa shape index (κ1) is 18.6. The summed E-state index contributed by atoms with van der Waals surface area (Å²) in [5, 5.41) is 0. The maximum Gasteiger partial charge on any atom is 0.254 e. The molecule has 0 atom stereocenters. The molecule has 1 heterocycles. The van der Waals surface area contributed by atoms with Gasteiger partial charge in [0.2, 0.25) is 10.0 Å². The van der Waals surface area contributed by atoms with Gasteiger partial charge in [-0.2, -0.15) is 0 Å². The number of benzene rings is 2. The molecule has 0 bridgehead atoms. The Bertz CT molecular complexity index is 936. The molecule has 0 fully saturated rings. The zero-order chi connectivity index (χ0) is 18.9. The first-order valence-electron chi connectivity index (χ1n) is 8.77. The number of hydrogen-bond acceptors (Lipinski definition) is 3. The second-order valence-corrected chi connectivity index (χ2v) is 8.71. The predicted octanol–water partition coefficient (Wildman–Crippen LogP) is 2.88. The zero-order valence-electron chi connectivity index (χ0n) is 15.3. The highest BCUT2D eigenvalue weighted by Crippen LogP contribution is 2.24. The Morgan fingerprint density at radius 3 is 2.54 bits per heavy atom. The third-order valence-electron chi connectivity index (χ3n) is 4.55. The molecule has 1 N–H and O–H groups in total. The number of fused-ring (bicyclic) bond motifs is 1. The van der Waals surface area contributed by atoms with Crippen molar-refractivity contribution in [1.29, 1.82) is 0 Å². The Morgan fingerprint density at radius 2 is 1.85 bits per heavy atom. The van der Waals surface area contributed by atoms with Gasteiger partial charge in [-0.25, -0.2) is 13.1 Å². The number of sulfonamides is 1. The van der Waals surface area contributed by atoms with Crippen molar-refractivity contribution in [2.45, 2.75) is 44.7 Å². The summed E-state index contributed by atoms with van der Waals surface area (Å²) in [5.74, 6) is -0.0117. The minimum absolute atomic E-state index is 0.0117. The molecule has 1 amide bonds. The molecule has 1 aliphatic heterocycles. The number of carbonyl (C=O) groups is 1. The standard InChI is InChI=1S/C20H24N2O3S/c1-14(2)21-26(24,25)18-9-8-16-10-11-22(13-17(16)12-18)20(23)19-7-5-4-6-15(19)3/h4-9,12,14,21H,10-11,13H2,1-3H3. The summed E-state index contributed by atoms with van der Waals surface area (Å²) in [4.78, 5) is 14.9. The number of aryl methyl sites for hydroxylation is 1. The van der Waals surface area contributed by atoms with Crippen LogP contribution in [-0.4, -0.2) is 31.8 Å². The Labute approximate surface area is 155 Å². The molecule has 6 heteroatoms. The van der Waals surface area contributed by atoms with Gasteiger partial charge < -0.3 is 4.90 Å². The van der Waals surface area contributed by atoms with Gasteiger partial charge in [-0.1, -0.05) is 24.3 Å². The topological polar surface area (TPSA) is 66.5 Å². The van der Waals surface area contributed by atoms with E-state index in [1.54, 1.807) is 30.9 Å². The van der Waals surface area contributed by atoms with Crippen LogP contribution in [0.4, 0.5) is 0 Å². The predicted molar refractivity (Wildman–Crippen MR) is 102 cm³/mol. The Kier molecular flexibility index (Phi) is 5.16. The van der Waals surface area contributed by atoms with Gasteiger partial charge in [0.1, 0.15) is 0 Å². The third-order valence-corrected chi connectivity index (χ3v) is 6.21. The van der Waals surface area contributed by atoms with Crippen LogP contribution in [0.1, 0.15) is 40.9 Å². The van der Waals surface area contributed by atoms with E-state index >= 15 is 0 Å². The van der Waals surface area contributed by atoms with Gasteiger partial charge in [-0.15, -0.1) is 0 Å². The van der Waals surface area contributed by atoms with Crippen molar-refractivity contribution in [3.63, 3.8) is 0 Å². The fourth-order valence-electron chi connectivity index (χ4n) is 3.24. The van der Waals surface area contributed by atoms with Crippen molar-refractivity contribution in [3.8, 4) is 0 Å². The second kappa shape index (κ2) is 7.21. The van der Waals surface area contributed by atoms with Crippen LogP contribution in [0.15, 0.2) is 47.4 Å². The average molecular weight is 372 g/mol. The molecule has 0 saturated heterocycles. The van der Waals surface area contributed by atoms with Crippen molar-refractivity contribution in [1.82, 2.24) is 9.62 Å². The average Bonchev–Trinajstić information content (AvgIpc) is 2.59. The van der Waals surface area contributed by atoms with Crippen LogP contribution in [-0.2, 0) is 23.0 Å². The Morgan fingerprint density at radius 1 is 1.12 bits per heavy atom.